The van der Waals surface area contributed by atoms with E-state index < -0.39 is 30.1 Å². The van der Waals surface area contributed by atoms with E-state index in [9.17, 15) is 24.2 Å². The van der Waals surface area contributed by atoms with Gasteiger partial charge in [0.1, 0.15) is 23.6 Å². The summed E-state index contributed by atoms with van der Waals surface area (Å²) in [6.07, 6.45) is 0.0816. The Morgan fingerprint density at radius 1 is 1.39 bits per heavy atom. The van der Waals surface area contributed by atoms with Crippen LogP contribution in [-0.2, 0) is 0 Å². The highest BCUT2D eigenvalue weighted by Gasteiger charge is 2.34. The Morgan fingerprint density at radius 3 is 2.72 bits per heavy atom. The van der Waals surface area contributed by atoms with Gasteiger partial charge in [-0.3, -0.25) is 4.79 Å². The second-order valence-corrected chi connectivity index (χ2v) is 8.96. The molecule has 1 aromatic carbocycles. The summed E-state index contributed by atoms with van der Waals surface area (Å²) in [5.74, 6) is 4.53. The number of hydrogen-bond donors (Lipinski definition) is 3. The molecule has 10 heteroatoms. The van der Waals surface area contributed by atoms with Crippen LogP contribution >= 0.6 is 0 Å². The van der Waals surface area contributed by atoms with E-state index in [2.05, 4.69) is 22.1 Å². The first-order valence-corrected chi connectivity index (χ1v) is 11.6. The Labute approximate surface area is 211 Å². The number of aliphatic hydroxyl groups is 2. The monoisotopic (exact) mass is 500 g/mol. The van der Waals surface area contributed by atoms with Gasteiger partial charge in [-0.1, -0.05) is 18.8 Å². The summed E-state index contributed by atoms with van der Waals surface area (Å²) in [6.45, 7) is 5.40. The van der Waals surface area contributed by atoms with Crippen molar-refractivity contribution in [1.29, 1.82) is 0 Å². The molecule has 0 saturated carbocycles. The molecule has 3 amide bonds. The van der Waals surface area contributed by atoms with Crippen LogP contribution in [0.3, 0.4) is 0 Å². The molecule has 2 aromatic rings. The number of likely N-dealkylation sites (N-methyl/N-ethyl adjacent to an activating group) is 1. The number of carbonyl (C=O) groups excluding carboxylic acids is 2. The summed E-state index contributed by atoms with van der Waals surface area (Å²) < 4.78 is 19.3. The van der Waals surface area contributed by atoms with E-state index in [1.54, 1.807) is 24.9 Å². The molecule has 1 aliphatic rings. The van der Waals surface area contributed by atoms with Gasteiger partial charge in [0, 0.05) is 38.4 Å². The lowest BCUT2D eigenvalue weighted by Gasteiger charge is -2.37. The van der Waals surface area contributed by atoms with Crippen LogP contribution in [0, 0.1) is 23.6 Å². The van der Waals surface area contributed by atoms with Crippen molar-refractivity contribution in [3.8, 4) is 17.7 Å². The van der Waals surface area contributed by atoms with E-state index in [4.69, 9.17) is 4.74 Å². The number of benzene rings is 1. The number of nitrogens with one attached hydrogen (secondary N) is 1. The number of urea groups is 1. The van der Waals surface area contributed by atoms with Gasteiger partial charge in [0.2, 0.25) is 5.88 Å². The van der Waals surface area contributed by atoms with Crippen molar-refractivity contribution in [3.63, 3.8) is 0 Å². The quantitative estimate of drug-likeness (QED) is 0.544. The first-order valence-electron chi connectivity index (χ1n) is 11.6. The first-order chi connectivity index (χ1) is 17.1. The predicted octanol–water partition coefficient (Wildman–Crippen LogP) is 2.58. The van der Waals surface area contributed by atoms with Crippen molar-refractivity contribution in [1.82, 2.24) is 14.8 Å². The van der Waals surface area contributed by atoms with E-state index in [0.29, 0.717) is 11.3 Å². The molecule has 36 heavy (non-hydrogen) atoms. The van der Waals surface area contributed by atoms with Gasteiger partial charge in [0.15, 0.2) is 0 Å². The molecular formula is C26H33FN4O5. The summed E-state index contributed by atoms with van der Waals surface area (Å²) in [5.41, 5.74) is 1.07. The summed E-state index contributed by atoms with van der Waals surface area (Å²) in [4.78, 5) is 33.4. The molecular weight excluding hydrogens is 467 g/mol. The number of nitrogens with zero attached hydrogens (tertiary/aromatic N) is 3. The van der Waals surface area contributed by atoms with Gasteiger partial charge in [-0.25, -0.2) is 14.2 Å². The Bertz CT molecular complexity index is 1150. The molecule has 0 aliphatic carbocycles. The summed E-state index contributed by atoms with van der Waals surface area (Å²) in [6, 6.07) is 6.13. The van der Waals surface area contributed by atoms with Gasteiger partial charge < -0.3 is 30.1 Å². The van der Waals surface area contributed by atoms with Crippen molar-refractivity contribution >= 4 is 17.6 Å². The van der Waals surface area contributed by atoms with Crippen LogP contribution in [0.25, 0.3) is 0 Å². The molecule has 0 bridgehead atoms. The number of halogens is 1. The third-order valence-corrected chi connectivity index (χ3v) is 5.84. The third-order valence-electron chi connectivity index (χ3n) is 5.84. The van der Waals surface area contributed by atoms with Crippen molar-refractivity contribution < 1.29 is 30.4 Å². The molecule has 4 atom stereocenters. The van der Waals surface area contributed by atoms with Gasteiger partial charge in [-0.05, 0) is 44.2 Å². The number of ether oxygens (including phenoxy) is 1. The minimum atomic E-state index is -0.841. The molecule has 3 rings (SSSR count). The Kier molecular flexibility index (Phi) is 8.85. The number of carbonyl (C=O) groups is 2. The summed E-state index contributed by atoms with van der Waals surface area (Å²) in [7, 11) is 1.61. The number of amides is 3. The minimum Gasteiger partial charge on any atom is -0.472 e. The van der Waals surface area contributed by atoms with Crippen LogP contribution in [0.15, 0.2) is 36.5 Å². The van der Waals surface area contributed by atoms with Crippen LogP contribution < -0.4 is 10.1 Å². The number of hydrogen-bond acceptors (Lipinski definition) is 6. The summed E-state index contributed by atoms with van der Waals surface area (Å²) in [5, 5.41) is 21.9. The maximum absolute atomic E-state index is 13.4. The molecule has 194 valence electrons. The topological polar surface area (TPSA) is 115 Å². The number of aromatic nitrogens is 1. The average Bonchev–Trinajstić information content (AvgIpc) is 2.85. The Balaban J connectivity index is 0.00000481. The van der Waals surface area contributed by atoms with Crippen LogP contribution in [0.2, 0.25) is 0 Å². The fourth-order valence-electron chi connectivity index (χ4n) is 3.68. The number of rotatable bonds is 5. The molecule has 3 N–H and O–H groups in total. The molecule has 0 radical (unpaired) electrons. The van der Waals surface area contributed by atoms with E-state index in [0.717, 1.165) is 0 Å². The fraction of sp³-hybridized carbons (Fsp3) is 0.423. The highest BCUT2D eigenvalue weighted by atomic mass is 19.1. The molecule has 1 aliphatic heterocycles. The normalized spacial score (nSPS) is 19.0. The fourth-order valence-corrected chi connectivity index (χ4v) is 3.68. The van der Waals surface area contributed by atoms with Gasteiger partial charge in [0.25, 0.3) is 5.91 Å². The Hall–Kier alpha value is -3.68. The van der Waals surface area contributed by atoms with E-state index >= 15 is 0 Å². The highest BCUT2D eigenvalue weighted by molar-refractivity contribution is 5.97. The highest BCUT2D eigenvalue weighted by Crippen LogP contribution is 2.27. The summed E-state index contributed by atoms with van der Waals surface area (Å²) >= 11 is 0. The van der Waals surface area contributed by atoms with Gasteiger partial charge in [-0.15, -0.1) is 0 Å². The van der Waals surface area contributed by atoms with Gasteiger partial charge >= 0.3 is 6.03 Å². The van der Waals surface area contributed by atoms with E-state index in [-0.39, 0.29) is 44.4 Å². The molecule has 0 unspecified atom stereocenters. The van der Waals surface area contributed by atoms with Crippen molar-refractivity contribution in [3.05, 3.63) is 53.5 Å². The van der Waals surface area contributed by atoms with Crippen LogP contribution in [0.1, 0.15) is 38.1 Å². The number of anilines is 1. The average molecular weight is 501 g/mol. The predicted molar refractivity (Wildman–Crippen MR) is 134 cm³/mol. The standard InChI is InChI=1S/C26H31FN4O5.H2/c1-16-13-31(17(2)15-32)25(34)22-11-19(6-5-18(3)33)12-28-24(22)36-23(16)14-30(4)26(35)29-21-9-7-20(27)8-10-21;/h7-12,16-18,23,32-33H,13-15H2,1-4H3,(H,29,35);1H/t16-,17+,18+,23-;/m0./s1. The molecule has 2 heterocycles. The number of fused-ring (bicyclic) bond motifs is 1. The van der Waals surface area contributed by atoms with Crippen LogP contribution in [0.4, 0.5) is 14.9 Å². The molecule has 0 spiro atoms. The van der Waals surface area contributed by atoms with Gasteiger partial charge in [-0.2, -0.15) is 0 Å². The molecule has 0 fully saturated rings. The minimum absolute atomic E-state index is 0. The lowest BCUT2D eigenvalue weighted by atomic mass is 10.00. The Morgan fingerprint density at radius 2 is 2.08 bits per heavy atom. The first kappa shape index (κ1) is 26.9. The van der Waals surface area contributed by atoms with E-state index in [1.807, 2.05) is 6.92 Å². The maximum atomic E-state index is 13.4. The zero-order valence-electron chi connectivity index (χ0n) is 20.7. The van der Waals surface area contributed by atoms with Crippen molar-refractivity contribution in [2.75, 3.05) is 32.1 Å². The van der Waals surface area contributed by atoms with Crippen LogP contribution in [-0.4, -0.2) is 81.9 Å². The molecule has 0 saturated heterocycles. The number of aliphatic hydroxyl groups excluding tert-OH is 2. The molecule has 9 nitrogen and oxygen atoms in total. The number of pyridine rings is 1. The largest absolute Gasteiger partial charge is 0.472 e. The SMILES string of the molecule is C[C@H](CO)N1C[C@H](C)[C@H](CN(C)C(=O)Nc2ccc(F)cc2)Oc2ncc(C#C[C@@H](C)O)cc2C1=O.[HH]. The second-order valence-electron chi connectivity index (χ2n) is 8.96. The van der Waals surface area contributed by atoms with Gasteiger partial charge in [0.05, 0.1) is 19.2 Å². The lowest BCUT2D eigenvalue weighted by Crippen LogP contribution is -2.50. The van der Waals surface area contributed by atoms with Crippen molar-refractivity contribution in [2.24, 2.45) is 5.92 Å². The molecule has 1 aromatic heterocycles. The zero-order chi connectivity index (χ0) is 26.4. The zero-order valence-corrected chi connectivity index (χ0v) is 20.7. The van der Waals surface area contributed by atoms with E-state index in [1.165, 1.54) is 42.3 Å². The van der Waals surface area contributed by atoms with Crippen LogP contribution in [0.5, 0.6) is 5.88 Å². The third kappa shape index (κ3) is 6.71. The second kappa shape index (κ2) is 11.8. The van der Waals surface area contributed by atoms with Crippen molar-refractivity contribution in [2.45, 2.75) is 39.0 Å². The maximum Gasteiger partial charge on any atom is 0.321 e. The smallest absolute Gasteiger partial charge is 0.321 e. The lowest BCUT2D eigenvalue weighted by molar-refractivity contribution is 0.0356.